The maximum absolute atomic E-state index is 8.54. The molecular formula is H2Cl2O2W. The van der Waals surface area contributed by atoms with Gasteiger partial charge >= 0.3 is 25.3 Å². The normalized spacial score (nSPS) is 2.40. The molecule has 0 heterocycles. The second-order valence-corrected chi connectivity index (χ2v) is 0.557. The summed E-state index contributed by atoms with van der Waals surface area (Å²) in [5.41, 5.74) is 0. The van der Waals surface area contributed by atoms with Gasteiger partial charge in [-0.05, 0) is 0 Å². The van der Waals surface area contributed by atoms with E-state index in [2.05, 4.69) is 0 Å². The molecule has 0 unspecified atom stereocenters. The van der Waals surface area contributed by atoms with Crippen LogP contribution in [0.2, 0.25) is 0 Å². The van der Waals surface area contributed by atoms with Crippen molar-refractivity contribution in [3.63, 3.8) is 0 Å². The number of hydrogen-bond donors (Lipinski definition) is 0. The molecule has 0 aliphatic rings. The molecule has 0 aliphatic heterocycles. The van der Waals surface area contributed by atoms with Gasteiger partial charge in [-0.25, -0.2) is 0 Å². The zero-order chi connectivity index (χ0) is 2.71. The molecule has 34 valence electrons. The van der Waals surface area contributed by atoms with Gasteiger partial charge in [0.2, 0.25) is 0 Å². The Morgan fingerprint density at radius 1 is 1.00 bits per heavy atom. The molecule has 5 heavy (non-hydrogen) atoms. The van der Waals surface area contributed by atoms with Crippen LogP contribution in [0.3, 0.4) is 0 Å². The Morgan fingerprint density at radius 3 is 1.00 bits per heavy atom. The summed E-state index contributed by atoms with van der Waals surface area (Å²) in [5, 5.41) is 0. The van der Waals surface area contributed by atoms with Gasteiger partial charge in [-0.1, -0.05) is 0 Å². The topological polar surface area (TPSA) is 34.1 Å². The van der Waals surface area contributed by atoms with E-state index < -0.39 is 18.5 Å². The van der Waals surface area contributed by atoms with E-state index in [9.17, 15) is 0 Å². The van der Waals surface area contributed by atoms with Gasteiger partial charge in [0.05, 0.1) is 0 Å². The molecule has 0 spiro atoms. The fourth-order valence-corrected chi connectivity index (χ4v) is 0. The van der Waals surface area contributed by atoms with Gasteiger partial charge in [0.15, 0.2) is 0 Å². The fourth-order valence-electron chi connectivity index (χ4n) is 0. The summed E-state index contributed by atoms with van der Waals surface area (Å²) >= 11 is -2.25. The summed E-state index contributed by atoms with van der Waals surface area (Å²) < 4.78 is 17.1. The number of rotatable bonds is 0. The van der Waals surface area contributed by atoms with E-state index >= 15 is 0 Å². The van der Waals surface area contributed by atoms with Crippen LogP contribution in [0.4, 0.5) is 0 Å². The van der Waals surface area contributed by atoms with Crippen molar-refractivity contribution in [3.8, 4) is 0 Å². The molecule has 0 aromatic carbocycles. The van der Waals surface area contributed by atoms with Crippen LogP contribution in [0.1, 0.15) is 0 Å². The average molecular weight is 289 g/mol. The van der Waals surface area contributed by atoms with Crippen molar-refractivity contribution in [1.29, 1.82) is 0 Å². The molecule has 0 saturated carbocycles. The van der Waals surface area contributed by atoms with Crippen LogP contribution in [0.15, 0.2) is 0 Å². The molecular weight excluding hydrogens is 287 g/mol. The predicted octanol–water partition coefficient (Wildman–Crippen LogP) is 0.603. The van der Waals surface area contributed by atoms with E-state index in [1.165, 1.54) is 0 Å². The van der Waals surface area contributed by atoms with Gasteiger partial charge in [-0.2, -0.15) is 0 Å². The third-order valence-corrected chi connectivity index (χ3v) is 0. The zero-order valence-electron chi connectivity index (χ0n) is 2.04. The molecule has 0 fully saturated rings. The maximum atomic E-state index is 8.54. The summed E-state index contributed by atoms with van der Waals surface area (Å²) in [4.78, 5) is 0. The van der Waals surface area contributed by atoms with Crippen molar-refractivity contribution in [2.24, 2.45) is 0 Å². The third-order valence-electron chi connectivity index (χ3n) is 0. The Kier molecular flexibility index (Phi) is 70.6. The molecule has 0 atom stereocenters. The van der Waals surface area contributed by atoms with E-state index in [1.54, 1.807) is 0 Å². The van der Waals surface area contributed by atoms with Crippen LogP contribution in [-0.4, -0.2) is 0 Å². The Labute approximate surface area is 50.3 Å². The Hall–Kier alpha value is 0.868. The quantitative estimate of drug-likeness (QED) is 0.654. The Balaban J connectivity index is -0.0000000200. The second-order valence-electron chi connectivity index (χ2n) is 0.0680. The molecule has 5 heteroatoms. The Morgan fingerprint density at radius 2 is 1.00 bits per heavy atom. The minimum absolute atomic E-state index is 0. The first-order valence-electron chi connectivity index (χ1n) is 0.333. The van der Waals surface area contributed by atoms with Crippen molar-refractivity contribution in [1.82, 2.24) is 0 Å². The summed E-state index contributed by atoms with van der Waals surface area (Å²) in [6.45, 7) is 0. The van der Waals surface area contributed by atoms with Crippen LogP contribution in [0.5, 0.6) is 0 Å². The zero-order valence-corrected chi connectivity index (χ0v) is 6.61. The van der Waals surface area contributed by atoms with Crippen LogP contribution in [0.25, 0.3) is 0 Å². The average Bonchev–Trinajstić information content (AvgIpc) is 0.918. The third kappa shape index (κ3) is 53.1. The van der Waals surface area contributed by atoms with Gasteiger partial charge in [0.1, 0.15) is 0 Å². The molecule has 0 radical (unpaired) electrons. The van der Waals surface area contributed by atoms with Crippen molar-refractivity contribution < 1.29 is 25.3 Å². The molecule has 0 bridgehead atoms. The molecule has 0 aliphatic carbocycles. The van der Waals surface area contributed by atoms with E-state index in [0.717, 1.165) is 0 Å². The van der Waals surface area contributed by atoms with Crippen molar-refractivity contribution in [3.05, 3.63) is 0 Å². The van der Waals surface area contributed by atoms with Gasteiger partial charge < -0.3 is 0 Å². The minimum atomic E-state index is -2.25. The summed E-state index contributed by atoms with van der Waals surface area (Å²) in [6.07, 6.45) is 0. The summed E-state index contributed by atoms with van der Waals surface area (Å²) in [7, 11) is 0. The van der Waals surface area contributed by atoms with Crippen molar-refractivity contribution >= 4 is 24.8 Å². The van der Waals surface area contributed by atoms with Gasteiger partial charge in [0.25, 0.3) is 0 Å². The molecule has 0 aromatic rings. The van der Waals surface area contributed by atoms with Gasteiger partial charge in [0, 0.05) is 0 Å². The van der Waals surface area contributed by atoms with E-state index in [4.69, 9.17) is 6.80 Å². The number of hydrogen-bond acceptors (Lipinski definition) is 2. The molecule has 0 saturated heterocycles. The van der Waals surface area contributed by atoms with Crippen molar-refractivity contribution in [2.45, 2.75) is 0 Å². The molecule has 0 rings (SSSR count). The van der Waals surface area contributed by atoms with Crippen LogP contribution in [0, 0.1) is 0 Å². The summed E-state index contributed by atoms with van der Waals surface area (Å²) in [6, 6.07) is 0. The van der Waals surface area contributed by atoms with E-state index in [-0.39, 0.29) is 24.8 Å². The molecule has 0 N–H and O–H groups in total. The first-order valence-corrected chi connectivity index (χ1v) is 2.73. The number of halogens is 2. The van der Waals surface area contributed by atoms with Crippen molar-refractivity contribution in [2.75, 3.05) is 0 Å². The molecule has 2 nitrogen and oxygen atoms in total. The van der Waals surface area contributed by atoms with E-state index in [1.807, 2.05) is 0 Å². The van der Waals surface area contributed by atoms with Crippen LogP contribution in [-0.2, 0) is 25.3 Å². The van der Waals surface area contributed by atoms with E-state index in [0.29, 0.717) is 0 Å². The SMILES string of the molecule is Cl.Cl.[O]=[W]=[O]. The summed E-state index contributed by atoms with van der Waals surface area (Å²) in [5.74, 6) is 0. The molecule has 0 aromatic heterocycles. The standard InChI is InChI=1S/2ClH.2O.W/h2*1H;;;. The first kappa shape index (κ1) is 16.9. The van der Waals surface area contributed by atoms with Gasteiger partial charge in [-0.3, -0.25) is 0 Å². The van der Waals surface area contributed by atoms with Crippen LogP contribution < -0.4 is 0 Å². The predicted molar refractivity (Wildman–Crippen MR) is 15.9 cm³/mol. The monoisotopic (exact) mass is 288 g/mol. The van der Waals surface area contributed by atoms with Gasteiger partial charge in [-0.15, -0.1) is 24.8 Å². The molecule has 0 amide bonds. The first-order chi connectivity index (χ1) is 1.41. The fraction of sp³-hybridized carbons (Fsp3) is 0. The second kappa shape index (κ2) is 20.9. The Bertz CT molecular complexity index is 28.6. The van der Waals surface area contributed by atoms with Crippen LogP contribution >= 0.6 is 24.8 Å².